The molecule has 1 atom stereocenters. The van der Waals surface area contributed by atoms with Crippen molar-refractivity contribution in [3.05, 3.63) is 35.4 Å². The fourth-order valence-corrected chi connectivity index (χ4v) is 3.64. The Morgan fingerprint density at radius 3 is 2.62 bits per heavy atom. The number of carbonyl (C=O) groups excluding carboxylic acids is 1. The summed E-state index contributed by atoms with van der Waals surface area (Å²) in [5, 5.41) is 13.3. The van der Waals surface area contributed by atoms with Gasteiger partial charge in [-0.1, -0.05) is 43.5 Å². The molecule has 1 aliphatic carbocycles. The molecule has 1 aliphatic rings. The minimum Gasteiger partial charge on any atom is -0.444 e. The molecule has 1 amide bonds. The van der Waals surface area contributed by atoms with E-state index in [1.807, 2.05) is 20.8 Å². The zero-order valence-corrected chi connectivity index (χ0v) is 16.6. The van der Waals surface area contributed by atoms with Crippen LogP contribution >= 0.6 is 0 Å². The second kappa shape index (κ2) is 9.96. The van der Waals surface area contributed by atoms with Crippen LogP contribution in [0.2, 0.25) is 0 Å². The smallest absolute Gasteiger partial charge is 0.407 e. The van der Waals surface area contributed by atoms with E-state index in [1.54, 1.807) is 0 Å². The first-order chi connectivity index (χ1) is 12.3. The molecule has 0 aliphatic heterocycles. The fourth-order valence-electron chi connectivity index (χ4n) is 3.64. The Morgan fingerprint density at radius 2 is 1.92 bits per heavy atom. The first-order valence-electron chi connectivity index (χ1n) is 10.1. The molecule has 2 rings (SSSR count). The highest BCUT2D eigenvalue weighted by molar-refractivity contribution is 5.67. The molecule has 0 radical (unpaired) electrons. The van der Waals surface area contributed by atoms with Crippen molar-refractivity contribution in [2.45, 2.75) is 83.8 Å². The maximum atomic E-state index is 11.6. The van der Waals surface area contributed by atoms with Gasteiger partial charge in [-0.15, -0.1) is 0 Å². The highest BCUT2D eigenvalue weighted by atomic mass is 16.6. The number of hydrogen-bond acceptors (Lipinski definition) is 3. The Morgan fingerprint density at radius 1 is 1.23 bits per heavy atom. The van der Waals surface area contributed by atoms with Gasteiger partial charge in [0.05, 0.1) is 6.10 Å². The van der Waals surface area contributed by atoms with Crippen LogP contribution in [-0.4, -0.2) is 29.4 Å². The highest BCUT2D eigenvalue weighted by Crippen LogP contribution is 2.28. The molecule has 26 heavy (non-hydrogen) atoms. The molecule has 1 aromatic rings. The number of carbonyl (C=O) groups is 1. The standard InChI is InChI=1S/C22H35NO3/c1-22(2,3)26-21(25)23-14-8-11-17-9-7-10-18(15-17)16-20(24)19-12-5-4-6-13-19/h7,9-10,15,19-20,24H,4-6,8,11-14,16H2,1-3H3,(H,23,25). The fraction of sp³-hybridized carbons (Fsp3) is 0.682. The molecule has 0 heterocycles. The van der Waals surface area contributed by atoms with Gasteiger partial charge in [0.2, 0.25) is 0 Å². The topological polar surface area (TPSA) is 58.6 Å². The molecule has 0 spiro atoms. The average molecular weight is 362 g/mol. The van der Waals surface area contributed by atoms with E-state index in [2.05, 4.69) is 29.6 Å². The summed E-state index contributed by atoms with van der Waals surface area (Å²) in [4.78, 5) is 11.6. The molecule has 0 bridgehead atoms. The van der Waals surface area contributed by atoms with Crippen molar-refractivity contribution < 1.29 is 14.6 Å². The van der Waals surface area contributed by atoms with Crippen molar-refractivity contribution in [3.63, 3.8) is 0 Å². The molecular weight excluding hydrogens is 326 g/mol. The Hall–Kier alpha value is -1.55. The first kappa shape index (κ1) is 20.8. The van der Waals surface area contributed by atoms with Crippen LogP contribution in [-0.2, 0) is 17.6 Å². The largest absolute Gasteiger partial charge is 0.444 e. The summed E-state index contributed by atoms with van der Waals surface area (Å²) >= 11 is 0. The number of ether oxygens (including phenoxy) is 1. The van der Waals surface area contributed by atoms with Gasteiger partial charge in [0, 0.05) is 6.54 Å². The predicted molar refractivity (Wildman–Crippen MR) is 105 cm³/mol. The van der Waals surface area contributed by atoms with E-state index in [-0.39, 0.29) is 12.2 Å². The molecule has 1 fully saturated rings. The minimum atomic E-state index is -0.461. The van der Waals surface area contributed by atoms with Crippen LogP contribution in [0.3, 0.4) is 0 Å². The monoisotopic (exact) mass is 361 g/mol. The summed E-state index contributed by atoms with van der Waals surface area (Å²) in [6, 6.07) is 8.48. The third kappa shape index (κ3) is 7.77. The summed E-state index contributed by atoms with van der Waals surface area (Å²) < 4.78 is 5.23. The van der Waals surface area contributed by atoms with E-state index in [4.69, 9.17) is 4.74 Å². The number of aryl methyl sites for hydroxylation is 1. The normalized spacial score (nSPS) is 16.9. The molecule has 0 saturated heterocycles. The van der Waals surface area contributed by atoms with Gasteiger partial charge in [0.25, 0.3) is 0 Å². The van der Waals surface area contributed by atoms with Gasteiger partial charge < -0.3 is 15.2 Å². The third-order valence-electron chi connectivity index (χ3n) is 4.94. The molecule has 146 valence electrons. The van der Waals surface area contributed by atoms with Gasteiger partial charge >= 0.3 is 6.09 Å². The lowest BCUT2D eigenvalue weighted by molar-refractivity contribution is 0.0527. The lowest BCUT2D eigenvalue weighted by atomic mass is 9.83. The van der Waals surface area contributed by atoms with Crippen LogP contribution < -0.4 is 5.32 Å². The van der Waals surface area contributed by atoms with Crippen LogP contribution in [0, 0.1) is 5.92 Å². The summed E-state index contributed by atoms with van der Waals surface area (Å²) in [7, 11) is 0. The van der Waals surface area contributed by atoms with E-state index in [1.165, 1.54) is 30.4 Å². The number of benzene rings is 1. The van der Waals surface area contributed by atoms with Crippen molar-refractivity contribution >= 4 is 6.09 Å². The summed E-state index contributed by atoms with van der Waals surface area (Å²) in [5.74, 6) is 0.463. The van der Waals surface area contributed by atoms with Gasteiger partial charge in [0.1, 0.15) is 5.60 Å². The minimum absolute atomic E-state index is 0.223. The van der Waals surface area contributed by atoms with Crippen LogP contribution in [0.4, 0.5) is 4.79 Å². The lowest BCUT2D eigenvalue weighted by Crippen LogP contribution is -2.33. The Labute approximate surface area is 158 Å². The Bertz CT molecular complexity index is 559. The highest BCUT2D eigenvalue weighted by Gasteiger charge is 2.21. The van der Waals surface area contributed by atoms with Crippen molar-refractivity contribution in [2.75, 3.05) is 6.54 Å². The molecule has 0 aromatic heterocycles. The SMILES string of the molecule is CC(C)(C)OC(=O)NCCCc1cccc(CC(O)C2CCCCC2)c1. The summed E-state index contributed by atoms with van der Waals surface area (Å²) in [6.45, 7) is 6.18. The quantitative estimate of drug-likeness (QED) is 0.696. The van der Waals surface area contributed by atoms with Crippen LogP contribution in [0.15, 0.2) is 24.3 Å². The maximum Gasteiger partial charge on any atom is 0.407 e. The molecule has 4 heteroatoms. The van der Waals surface area contributed by atoms with Crippen LogP contribution in [0.1, 0.15) is 70.4 Å². The molecule has 4 nitrogen and oxygen atoms in total. The van der Waals surface area contributed by atoms with Crippen LogP contribution in [0.25, 0.3) is 0 Å². The zero-order valence-electron chi connectivity index (χ0n) is 16.6. The van der Waals surface area contributed by atoms with Crippen molar-refractivity contribution in [1.82, 2.24) is 5.32 Å². The molecular formula is C22H35NO3. The molecule has 1 unspecified atom stereocenters. The lowest BCUT2D eigenvalue weighted by Gasteiger charge is -2.26. The number of rotatable bonds is 7. The molecule has 1 saturated carbocycles. The third-order valence-corrected chi connectivity index (χ3v) is 4.94. The molecule has 2 N–H and O–H groups in total. The van der Waals surface area contributed by atoms with Crippen LogP contribution in [0.5, 0.6) is 0 Å². The maximum absolute atomic E-state index is 11.6. The van der Waals surface area contributed by atoms with E-state index in [0.717, 1.165) is 32.1 Å². The Kier molecular flexibility index (Phi) is 7.95. The predicted octanol–water partition coefficient (Wildman–Crippen LogP) is 4.63. The van der Waals surface area contributed by atoms with Gasteiger partial charge in [-0.3, -0.25) is 0 Å². The van der Waals surface area contributed by atoms with E-state index >= 15 is 0 Å². The van der Waals surface area contributed by atoms with Gasteiger partial charge in [-0.05, 0) is 69.9 Å². The number of hydrogen-bond donors (Lipinski definition) is 2. The van der Waals surface area contributed by atoms with Crippen molar-refractivity contribution in [1.29, 1.82) is 0 Å². The van der Waals surface area contributed by atoms with E-state index < -0.39 is 5.60 Å². The second-order valence-electron chi connectivity index (χ2n) is 8.52. The summed E-state index contributed by atoms with van der Waals surface area (Å²) in [6.07, 6.45) is 8.09. The van der Waals surface area contributed by atoms with Gasteiger partial charge in [-0.2, -0.15) is 0 Å². The zero-order chi connectivity index (χ0) is 19.0. The molecule has 1 aromatic carbocycles. The van der Waals surface area contributed by atoms with Gasteiger partial charge in [0.15, 0.2) is 0 Å². The average Bonchev–Trinajstić information content (AvgIpc) is 2.58. The van der Waals surface area contributed by atoms with E-state index in [0.29, 0.717) is 12.5 Å². The first-order valence-corrected chi connectivity index (χ1v) is 10.1. The number of aliphatic hydroxyl groups is 1. The number of amides is 1. The van der Waals surface area contributed by atoms with Gasteiger partial charge in [-0.25, -0.2) is 4.79 Å². The number of aliphatic hydroxyl groups excluding tert-OH is 1. The summed E-state index contributed by atoms with van der Waals surface area (Å²) in [5.41, 5.74) is 2.00. The Balaban J connectivity index is 1.73. The van der Waals surface area contributed by atoms with E-state index in [9.17, 15) is 9.90 Å². The number of nitrogens with one attached hydrogen (secondary N) is 1. The second-order valence-corrected chi connectivity index (χ2v) is 8.52. The number of alkyl carbamates (subject to hydrolysis) is 1. The van der Waals surface area contributed by atoms with Crippen molar-refractivity contribution in [3.8, 4) is 0 Å². The van der Waals surface area contributed by atoms with Crippen molar-refractivity contribution in [2.24, 2.45) is 5.92 Å².